The first kappa shape index (κ1) is 17.5. The smallest absolute Gasteiger partial charge is 0.348 e. The van der Waals surface area contributed by atoms with Gasteiger partial charge >= 0.3 is 11.9 Å². The lowest BCUT2D eigenvalue weighted by molar-refractivity contribution is 0.0457. The number of nitrogens with two attached hydrogens (primary N) is 1. The number of anilines is 1. The van der Waals surface area contributed by atoms with Gasteiger partial charge in [-0.05, 0) is 37.8 Å². The zero-order chi connectivity index (χ0) is 18.0. The van der Waals surface area contributed by atoms with Crippen molar-refractivity contribution in [1.29, 1.82) is 5.26 Å². The van der Waals surface area contributed by atoms with E-state index in [1.165, 1.54) is 21.8 Å². The maximum absolute atomic E-state index is 12.3. The minimum atomic E-state index is -0.568. The van der Waals surface area contributed by atoms with Crippen LogP contribution in [0.15, 0.2) is 6.07 Å². The predicted molar refractivity (Wildman–Crippen MR) is 94.9 cm³/mol. The molecule has 6 nitrogen and oxygen atoms in total. The Morgan fingerprint density at radius 1 is 1.28 bits per heavy atom. The number of hydrogen-bond donors (Lipinski definition) is 1. The number of carbonyl (C=O) groups is 2. The van der Waals surface area contributed by atoms with Gasteiger partial charge < -0.3 is 15.2 Å². The number of rotatable bonds is 5. The zero-order valence-electron chi connectivity index (χ0n) is 13.6. The summed E-state index contributed by atoms with van der Waals surface area (Å²) in [5.41, 5.74) is 7.48. The van der Waals surface area contributed by atoms with Gasteiger partial charge in [0.15, 0.2) is 0 Å². The molecule has 8 heteroatoms. The van der Waals surface area contributed by atoms with Gasteiger partial charge in [0.1, 0.15) is 27.4 Å². The van der Waals surface area contributed by atoms with Crippen molar-refractivity contribution < 1.29 is 19.1 Å². The largest absolute Gasteiger partial charge is 0.462 e. The molecule has 0 radical (unpaired) electrons. The second kappa shape index (κ2) is 7.25. The molecule has 0 aliphatic heterocycles. The van der Waals surface area contributed by atoms with Crippen molar-refractivity contribution in [1.82, 2.24) is 0 Å². The second-order valence-corrected chi connectivity index (χ2v) is 7.66. The molecule has 1 aliphatic rings. The van der Waals surface area contributed by atoms with Crippen LogP contribution in [0, 0.1) is 11.3 Å². The van der Waals surface area contributed by atoms with Gasteiger partial charge in [-0.15, -0.1) is 22.7 Å². The van der Waals surface area contributed by atoms with Crippen LogP contribution in [0.3, 0.4) is 0 Å². The summed E-state index contributed by atoms with van der Waals surface area (Å²) >= 11 is 2.42. The molecule has 3 rings (SSSR count). The first-order valence-corrected chi connectivity index (χ1v) is 9.45. The highest BCUT2D eigenvalue weighted by molar-refractivity contribution is 7.18. The lowest BCUT2D eigenvalue weighted by Crippen LogP contribution is -2.09. The highest BCUT2D eigenvalue weighted by Crippen LogP contribution is 2.33. The van der Waals surface area contributed by atoms with Crippen LogP contribution >= 0.6 is 22.7 Å². The number of carbonyl (C=O) groups excluding carboxylic acids is 2. The van der Waals surface area contributed by atoms with Crippen LogP contribution in [0.25, 0.3) is 0 Å². The SMILES string of the molecule is CCOC(=O)c1sc(N)c(C#N)c1COC(=O)c1cc2c(s1)CCC2. The highest BCUT2D eigenvalue weighted by Gasteiger charge is 2.25. The third-order valence-electron chi connectivity index (χ3n) is 3.90. The molecule has 2 aromatic rings. The van der Waals surface area contributed by atoms with Crippen molar-refractivity contribution in [2.24, 2.45) is 0 Å². The van der Waals surface area contributed by atoms with E-state index in [1.54, 1.807) is 6.92 Å². The summed E-state index contributed by atoms with van der Waals surface area (Å²) in [6.45, 7) is 1.71. The molecule has 0 unspecified atom stereocenters. The number of hydrogen-bond acceptors (Lipinski definition) is 8. The van der Waals surface area contributed by atoms with Gasteiger partial charge in [-0.25, -0.2) is 9.59 Å². The molecule has 0 saturated heterocycles. The molecule has 0 bridgehead atoms. The topological polar surface area (TPSA) is 102 Å². The first-order valence-electron chi connectivity index (χ1n) is 7.82. The molecule has 0 fully saturated rings. The van der Waals surface area contributed by atoms with Crippen molar-refractivity contribution >= 4 is 39.6 Å². The molecule has 0 amide bonds. The molecule has 2 aromatic heterocycles. The van der Waals surface area contributed by atoms with E-state index < -0.39 is 11.9 Å². The molecule has 1 aliphatic carbocycles. The molecular formula is C17H16N2O4S2. The third kappa shape index (κ3) is 3.38. The second-order valence-electron chi connectivity index (χ2n) is 5.47. The van der Waals surface area contributed by atoms with E-state index in [9.17, 15) is 14.9 Å². The lowest BCUT2D eigenvalue weighted by Gasteiger charge is -2.06. The summed E-state index contributed by atoms with van der Waals surface area (Å²) in [7, 11) is 0. The highest BCUT2D eigenvalue weighted by atomic mass is 32.1. The Kier molecular flexibility index (Phi) is 5.06. The monoisotopic (exact) mass is 376 g/mol. The standard InChI is InChI=1S/C17H16N2O4S2/c1-2-22-17(21)14-11(10(7-18)15(19)25-14)8-23-16(20)13-6-9-4-3-5-12(9)24-13/h6H,2-5,8,19H2,1H3. The third-order valence-corrected chi connectivity index (χ3v) is 6.16. The van der Waals surface area contributed by atoms with Gasteiger partial charge in [0.05, 0.1) is 12.2 Å². The Bertz CT molecular complexity index is 855. The van der Waals surface area contributed by atoms with Crippen LogP contribution in [-0.2, 0) is 28.9 Å². The predicted octanol–water partition coefficient (Wildman–Crippen LogP) is 3.29. The van der Waals surface area contributed by atoms with E-state index in [1.807, 2.05) is 12.1 Å². The molecule has 130 valence electrons. The van der Waals surface area contributed by atoms with Crippen molar-refractivity contribution in [3.05, 3.63) is 37.4 Å². The number of nitriles is 1. The number of ether oxygens (including phenoxy) is 2. The van der Waals surface area contributed by atoms with Crippen LogP contribution in [0.1, 0.15) is 54.3 Å². The lowest BCUT2D eigenvalue weighted by atomic mass is 10.1. The number of nitrogens with zero attached hydrogens (tertiary/aromatic N) is 1. The van der Waals surface area contributed by atoms with Crippen LogP contribution < -0.4 is 5.73 Å². The van der Waals surface area contributed by atoms with Crippen molar-refractivity contribution in [2.45, 2.75) is 32.8 Å². The Morgan fingerprint density at radius 2 is 2.08 bits per heavy atom. The minimum absolute atomic E-state index is 0.162. The summed E-state index contributed by atoms with van der Waals surface area (Å²) in [5.74, 6) is -1.02. The van der Waals surface area contributed by atoms with Gasteiger partial charge in [0.2, 0.25) is 0 Å². The van der Waals surface area contributed by atoms with Gasteiger partial charge in [0.25, 0.3) is 0 Å². The fraction of sp³-hybridized carbons (Fsp3) is 0.353. The van der Waals surface area contributed by atoms with E-state index in [-0.39, 0.29) is 28.7 Å². The Morgan fingerprint density at radius 3 is 2.76 bits per heavy atom. The molecule has 25 heavy (non-hydrogen) atoms. The first-order chi connectivity index (χ1) is 12.0. The van der Waals surface area contributed by atoms with E-state index in [4.69, 9.17) is 15.2 Å². The van der Waals surface area contributed by atoms with Gasteiger partial charge in [-0.1, -0.05) is 0 Å². The summed E-state index contributed by atoms with van der Waals surface area (Å²) < 4.78 is 10.3. The van der Waals surface area contributed by atoms with Crippen molar-refractivity contribution in [3.8, 4) is 6.07 Å². The molecule has 2 N–H and O–H groups in total. The normalized spacial score (nSPS) is 12.5. The van der Waals surface area contributed by atoms with E-state index in [2.05, 4.69) is 0 Å². The molecule has 0 saturated carbocycles. The molecular weight excluding hydrogens is 360 g/mol. The van der Waals surface area contributed by atoms with Crippen molar-refractivity contribution in [2.75, 3.05) is 12.3 Å². The van der Waals surface area contributed by atoms with Crippen LogP contribution in [-0.4, -0.2) is 18.5 Å². The molecule has 0 aromatic carbocycles. The van der Waals surface area contributed by atoms with Crippen LogP contribution in [0.5, 0.6) is 0 Å². The number of fused-ring (bicyclic) bond motifs is 1. The van der Waals surface area contributed by atoms with E-state index in [0.717, 1.165) is 30.6 Å². The van der Waals surface area contributed by atoms with Crippen LogP contribution in [0.4, 0.5) is 5.00 Å². The van der Waals surface area contributed by atoms with E-state index in [0.29, 0.717) is 10.4 Å². The van der Waals surface area contributed by atoms with Crippen LogP contribution in [0.2, 0.25) is 0 Å². The molecule has 0 spiro atoms. The van der Waals surface area contributed by atoms with Gasteiger partial charge in [-0.2, -0.15) is 5.26 Å². The van der Waals surface area contributed by atoms with Crippen molar-refractivity contribution in [3.63, 3.8) is 0 Å². The number of aryl methyl sites for hydroxylation is 2. The fourth-order valence-electron chi connectivity index (χ4n) is 2.75. The molecule has 0 atom stereocenters. The summed E-state index contributed by atoms with van der Waals surface area (Å²) in [4.78, 5) is 26.3. The maximum atomic E-state index is 12.3. The van der Waals surface area contributed by atoms with E-state index >= 15 is 0 Å². The maximum Gasteiger partial charge on any atom is 0.348 e. The van der Waals surface area contributed by atoms with Gasteiger partial charge in [-0.3, -0.25) is 0 Å². The molecule has 2 heterocycles. The quantitative estimate of drug-likeness (QED) is 0.803. The Labute approximate surface area is 152 Å². The Balaban J connectivity index is 1.78. The number of esters is 2. The zero-order valence-corrected chi connectivity index (χ0v) is 15.2. The summed E-state index contributed by atoms with van der Waals surface area (Å²) in [6.07, 6.45) is 3.12. The summed E-state index contributed by atoms with van der Waals surface area (Å²) in [6, 6.07) is 3.83. The number of thiophene rings is 2. The fourth-order valence-corrected chi connectivity index (χ4v) is 4.81. The minimum Gasteiger partial charge on any atom is -0.462 e. The van der Waals surface area contributed by atoms with Gasteiger partial charge in [0, 0.05) is 10.4 Å². The summed E-state index contributed by atoms with van der Waals surface area (Å²) in [5, 5.41) is 9.49. The number of nitrogen functional groups attached to an aromatic ring is 1. The average Bonchev–Trinajstić information content (AvgIpc) is 3.25. The average molecular weight is 376 g/mol. The Hall–Kier alpha value is -2.37.